The number of nitrogen functional groups attached to an aromatic ring is 1. The lowest BCUT2D eigenvalue weighted by atomic mass is 9.94. The van der Waals surface area contributed by atoms with E-state index in [-0.39, 0.29) is 0 Å². The molecule has 0 aliphatic carbocycles. The molecule has 0 unspecified atom stereocenters. The van der Waals surface area contributed by atoms with Crippen LogP contribution in [0.5, 0.6) is 0 Å². The van der Waals surface area contributed by atoms with Crippen LogP contribution in [0.15, 0.2) is 49.0 Å². The molecule has 0 saturated carbocycles. The number of anilines is 1. The summed E-state index contributed by atoms with van der Waals surface area (Å²) in [6.45, 7) is 6.03. The largest absolute Gasteiger partial charge is 0.398 e. The first-order valence-electron chi connectivity index (χ1n) is 6.05. The number of nitrogens with two attached hydrogens (primary N) is 1. The average Bonchev–Trinajstić information content (AvgIpc) is 2.41. The van der Waals surface area contributed by atoms with Crippen LogP contribution in [0.3, 0.4) is 0 Å². The maximum Gasteiger partial charge on any atom is 0.0394 e. The van der Waals surface area contributed by atoms with Crippen LogP contribution < -0.4 is 5.73 Å². The fraction of sp³-hybridized carbons (Fsp3) is 0.0588. The van der Waals surface area contributed by atoms with Gasteiger partial charge in [0.15, 0.2) is 0 Å². The molecule has 2 N–H and O–H groups in total. The molecule has 0 aliphatic rings. The minimum Gasteiger partial charge on any atom is -0.398 e. The highest BCUT2D eigenvalue weighted by atomic mass is 14.5. The minimum absolute atomic E-state index is 0.830. The van der Waals surface area contributed by atoms with Crippen molar-refractivity contribution < 1.29 is 0 Å². The van der Waals surface area contributed by atoms with Crippen LogP contribution in [0.4, 0.5) is 5.69 Å². The Kier molecular flexibility index (Phi) is 2.34. The van der Waals surface area contributed by atoms with Crippen molar-refractivity contribution in [2.45, 2.75) is 6.92 Å². The highest BCUT2D eigenvalue weighted by Crippen LogP contribution is 2.33. The van der Waals surface area contributed by atoms with Gasteiger partial charge in [-0.15, -0.1) is 0 Å². The number of benzene rings is 3. The van der Waals surface area contributed by atoms with Crippen molar-refractivity contribution >= 4 is 33.3 Å². The Balaban J connectivity index is 2.67. The van der Waals surface area contributed by atoms with Gasteiger partial charge in [-0.3, -0.25) is 0 Å². The summed E-state index contributed by atoms with van der Waals surface area (Å²) >= 11 is 0. The maximum atomic E-state index is 6.08. The molecule has 0 aromatic heterocycles. The summed E-state index contributed by atoms with van der Waals surface area (Å²) in [6, 6.07) is 14.6. The van der Waals surface area contributed by atoms with Gasteiger partial charge in [-0.05, 0) is 40.3 Å². The van der Waals surface area contributed by atoms with E-state index in [0.29, 0.717) is 0 Å². The Morgan fingerprint density at radius 1 is 1.00 bits per heavy atom. The number of aryl methyl sites for hydroxylation is 1. The van der Waals surface area contributed by atoms with Gasteiger partial charge >= 0.3 is 0 Å². The molecule has 3 aromatic carbocycles. The first-order valence-corrected chi connectivity index (χ1v) is 6.05. The molecule has 0 bridgehead atoms. The van der Waals surface area contributed by atoms with Gasteiger partial charge in [0.1, 0.15) is 0 Å². The van der Waals surface area contributed by atoms with Gasteiger partial charge in [-0.25, -0.2) is 0 Å². The zero-order valence-electron chi connectivity index (χ0n) is 10.4. The molecule has 0 radical (unpaired) electrons. The topological polar surface area (TPSA) is 26.0 Å². The molecule has 1 nitrogen and oxygen atoms in total. The molecule has 3 aromatic rings. The molecule has 0 amide bonds. The van der Waals surface area contributed by atoms with Crippen molar-refractivity contribution in [1.82, 2.24) is 0 Å². The van der Waals surface area contributed by atoms with Crippen LogP contribution in [0.2, 0.25) is 0 Å². The van der Waals surface area contributed by atoms with Gasteiger partial charge in [0, 0.05) is 11.1 Å². The molecule has 3 rings (SSSR count). The van der Waals surface area contributed by atoms with Crippen molar-refractivity contribution in [2.24, 2.45) is 0 Å². The quantitative estimate of drug-likeness (QED) is 0.485. The van der Waals surface area contributed by atoms with E-state index in [4.69, 9.17) is 5.73 Å². The van der Waals surface area contributed by atoms with Crippen LogP contribution in [-0.4, -0.2) is 0 Å². The smallest absolute Gasteiger partial charge is 0.0394 e. The summed E-state index contributed by atoms with van der Waals surface area (Å²) in [4.78, 5) is 0. The molecule has 0 atom stereocenters. The Morgan fingerprint density at radius 2 is 1.83 bits per heavy atom. The molecule has 18 heavy (non-hydrogen) atoms. The summed E-state index contributed by atoms with van der Waals surface area (Å²) in [7, 11) is 0. The number of hydrogen-bond acceptors (Lipinski definition) is 1. The van der Waals surface area contributed by atoms with Crippen LogP contribution in [0.1, 0.15) is 11.1 Å². The first-order chi connectivity index (χ1) is 8.72. The second kappa shape index (κ2) is 3.88. The van der Waals surface area contributed by atoms with Gasteiger partial charge in [0.25, 0.3) is 0 Å². The van der Waals surface area contributed by atoms with E-state index < -0.39 is 0 Å². The second-order valence-corrected chi connectivity index (χ2v) is 4.61. The third-order valence-corrected chi connectivity index (χ3v) is 3.52. The van der Waals surface area contributed by atoms with Gasteiger partial charge in [0.2, 0.25) is 0 Å². The van der Waals surface area contributed by atoms with Gasteiger partial charge in [0.05, 0.1) is 0 Å². The summed E-state index contributed by atoms with van der Waals surface area (Å²) in [5.41, 5.74) is 9.32. The predicted molar refractivity (Wildman–Crippen MR) is 80.7 cm³/mol. The third-order valence-electron chi connectivity index (χ3n) is 3.52. The summed E-state index contributed by atoms with van der Waals surface area (Å²) < 4.78 is 0. The molecule has 1 heteroatoms. The van der Waals surface area contributed by atoms with Crippen LogP contribution in [-0.2, 0) is 0 Å². The molecule has 0 heterocycles. The van der Waals surface area contributed by atoms with E-state index in [1.165, 1.54) is 21.7 Å². The molecule has 0 spiro atoms. The zero-order valence-corrected chi connectivity index (χ0v) is 10.4. The van der Waals surface area contributed by atoms with E-state index in [1.54, 1.807) is 0 Å². The van der Waals surface area contributed by atoms with E-state index in [2.05, 4.69) is 49.9 Å². The lowest BCUT2D eigenvalue weighted by Crippen LogP contribution is -1.91. The summed E-state index contributed by atoms with van der Waals surface area (Å²) in [6.07, 6.45) is 1.91. The van der Waals surface area contributed by atoms with Gasteiger partial charge in [-0.2, -0.15) is 0 Å². The normalized spacial score (nSPS) is 10.9. The number of rotatable bonds is 1. The highest BCUT2D eigenvalue weighted by Gasteiger charge is 2.08. The highest BCUT2D eigenvalue weighted by molar-refractivity contribution is 6.15. The van der Waals surface area contributed by atoms with Crippen molar-refractivity contribution in [3.05, 3.63) is 60.2 Å². The molecule has 0 saturated heterocycles. The SMILES string of the molecule is C=Cc1cccc2ccc3c(N)ccc(C)c3c12. The second-order valence-electron chi connectivity index (χ2n) is 4.61. The fourth-order valence-corrected chi connectivity index (χ4v) is 2.62. The van der Waals surface area contributed by atoms with E-state index in [1.807, 2.05) is 12.1 Å². The van der Waals surface area contributed by atoms with E-state index in [0.717, 1.165) is 16.6 Å². The lowest BCUT2D eigenvalue weighted by Gasteiger charge is -2.11. The minimum atomic E-state index is 0.830. The number of hydrogen-bond donors (Lipinski definition) is 1. The monoisotopic (exact) mass is 233 g/mol. The van der Waals surface area contributed by atoms with E-state index in [9.17, 15) is 0 Å². The first kappa shape index (κ1) is 10.8. The van der Waals surface area contributed by atoms with Crippen LogP contribution in [0.25, 0.3) is 27.6 Å². The van der Waals surface area contributed by atoms with Crippen LogP contribution in [0, 0.1) is 6.92 Å². The lowest BCUT2D eigenvalue weighted by molar-refractivity contribution is 1.54. The van der Waals surface area contributed by atoms with Crippen molar-refractivity contribution in [3.63, 3.8) is 0 Å². The van der Waals surface area contributed by atoms with Gasteiger partial charge < -0.3 is 5.73 Å². The molecular weight excluding hydrogens is 218 g/mol. The standard InChI is InChI=1S/C17H15N/c1-3-12-5-4-6-13-8-9-14-15(18)10-7-11(2)16(14)17(12)13/h3-10H,1,18H2,2H3. The van der Waals surface area contributed by atoms with Crippen molar-refractivity contribution in [2.75, 3.05) is 5.73 Å². The maximum absolute atomic E-state index is 6.08. The van der Waals surface area contributed by atoms with Gasteiger partial charge in [-0.1, -0.05) is 49.1 Å². The van der Waals surface area contributed by atoms with E-state index >= 15 is 0 Å². The average molecular weight is 233 g/mol. The Labute approximate surface area is 107 Å². The number of fused-ring (bicyclic) bond motifs is 3. The Morgan fingerprint density at radius 3 is 2.61 bits per heavy atom. The molecule has 0 aliphatic heterocycles. The zero-order chi connectivity index (χ0) is 12.7. The molecular formula is C17H15N. The molecule has 0 fully saturated rings. The van der Waals surface area contributed by atoms with Crippen molar-refractivity contribution in [1.29, 1.82) is 0 Å². The Hall–Kier alpha value is -2.28. The summed E-state index contributed by atoms with van der Waals surface area (Å²) in [5, 5.41) is 4.84. The van der Waals surface area contributed by atoms with Crippen LogP contribution >= 0.6 is 0 Å². The summed E-state index contributed by atoms with van der Waals surface area (Å²) in [5.74, 6) is 0. The fourth-order valence-electron chi connectivity index (χ4n) is 2.62. The molecule has 88 valence electrons. The van der Waals surface area contributed by atoms with Crippen molar-refractivity contribution in [3.8, 4) is 0 Å². The predicted octanol–water partition coefficient (Wildman–Crippen LogP) is 4.53. The third kappa shape index (κ3) is 1.41. The Bertz CT molecular complexity index is 769.